The number of rotatable bonds is 5. The highest BCUT2D eigenvalue weighted by atomic mass is 35.5. The summed E-state index contributed by atoms with van der Waals surface area (Å²) in [5.41, 5.74) is 5.95. The van der Waals surface area contributed by atoms with Crippen LogP contribution in [0.2, 0.25) is 5.02 Å². The number of nitrogens with two attached hydrogens (primary N) is 1. The molecular formula is C15H19ClN2O2S. The summed E-state index contributed by atoms with van der Waals surface area (Å²) in [5, 5.41) is 0.172. The van der Waals surface area contributed by atoms with E-state index in [1.807, 2.05) is 0 Å². The molecule has 0 heterocycles. The second-order valence-electron chi connectivity index (χ2n) is 5.32. The molecule has 0 bridgehead atoms. The van der Waals surface area contributed by atoms with Gasteiger partial charge in [-0.15, -0.1) is 0 Å². The van der Waals surface area contributed by atoms with Crippen molar-refractivity contribution in [2.75, 3.05) is 13.1 Å². The van der Waals surface area contributed by atoms with Gasteiger partial charge in [-0.2, -0.15) is 0 Å². The molecular weight excluding hydrogens is 308 g/mol. The second-order valence-corrected chi connectivity index (χ2v) is 7.46. The van der Waals surface area contributed by atoms with Crippen molar-refractivity contribution >= 4 is 21.6 Å². The molecule has 1 atom stereocenters. The van der Waals surface area contributed by atoms with Gasteiger partial charge in [0.05, 0.1) is 11.6 Å². The number of halogens is 1. The van der Waals surface area contributed by atoms with Crippen molar-refractivity contribution in [3.8, 4) is 11.8 Å². The number of hydrogen-bond acceptors (Lipinski definition) is 3. The average Bonchev–Trinajstić information content (AvgIpc) is 3.27. The van der Waals surface area contributed by atoms with Crippen LogP contribution in [0.4, 0.5) is 0 Å². The van der Waals surface area contributed by atoms with Gasteiger partial charge in [-0.25, -0.2) is 13.1 Å². The molecule has 1 saturated carbocycles. The topological polar surface area (TPSA) is 72.2 Å². The van der Waals surface area contributed by atoms with Crippen molar-refractivity contribution in [1.82, 2.24) is 4.72 Å². The van der Waals surface area contributed by atoms with E-state index in [1.54, 1.807) is 12.1 Å². The van der Waals surface area contributed by atoms with Crippen LogP contribution < -0.4 is 10.5 Å². The van der Waals surface area contributed by atoms with Gasteiger partial charge >= 0.3 is 0 Å². The summed E-state index contributed by atoms with van der Waals surface area (Å²) < 4.78 is 27.2. The van der Waals surface area contributed by atoms with Crippen molar-refractivity contribution < 1.29 is 8.42 Å². The molecule has 0 radical (unpaired) electrons. The smallest absolute Gasteiger partial charge is 0.242 e. The molecule has 6 heteroatoms. The Morgan fingerprint density at radius 2 is 2.19 bits per heavy atom. The zero-order valence-corrected chi connectivity index (χ0v) is 13.5. The Morgan fingerprint density at radius 1 is 1.48 bits per heavy atom. The lowest BCUT2D eigenvalue weighted by molar-refractivity contribution is 0.492. The molecule has 0 saturated heterocycles. The van der Waals surface area contributed by atoms with Crippen LogP contribution in [-0.4, -0.2) is 21.5 Å². The molecule has 21 heavy (non-hydrogen) atoms. The molecule has 114 valence electrons. The van der Waals surface area contributed by atoms with E-state index in [-0.39, 0.29) is 16.5 Å². The van der Waals surface area contributed by atoms with Crippen molar-refractivity contribution in [1.29, 1.82) is 0 Å². The number of benzene rings is 1. The number of sulfonamides is 1. The first-order valence-electron chi connectivity index (χ1n) is 6.92. The lowest BCUT2D eigenvalue weighted by Crippen LogP contribution is -2.29. The fourth-order valence-corrected chi connectivity index (χ4v) is 3.79. The van der Waals surface area contributed by atoms with E-state index < -0.39 is 10.0 Å². The highest BCUT2D eigenvalue weighted by molar-refractivity contribution is 7.89. The van der Waals surface area contributed by atoms with Crippen LogP contribution in [-0.2, 0) is 10.0 Å². The summed E-state index contributed by atoms with van der Waals surface area (Å²) in [7, 11) is -3.58. The van der Waals surface area contributed by atoms with E-state index in [9.17, 15) is 8.42 Å². The zero-order chi connectivity index (χ0) is 15.5. The first-order valence-corrected chi connectivity index (χ1v) is 8.78. The Bertz CT molecular complexity index is 673. The molecule has 1 unspecified atom stereocenters. The van der Waals surface area contributed by atoms with Crippen molar-refractivity contribution in [3.05, 3.63) is 28.8 Å². The molecule has 3 N–H and O–H groups in total. The lowest BCUT2D eigenvalue weighted by atomic mass is 10.1. The minimum Gasteiger partial charge on any atom is -0.320 e. The third-order valence-electron chi connectivity index (χ3n) is 3.58. The molecule has 2 rings (SSSR count). The van der Waals surface area contributed by atoms with Gasteiger partial charge in [0.15, 0.2) is 0 Å². The van der Waals surface area contributed by atoms with E-state index >= 15 is 0 Å². The quantitative estimate of drug-likeness (QED) is 0.813. The molecule has 0 amide bonds. The van der Waals surface area contributed by atoms with E-state index in [1.165, 1.54) is 18.9 Å². The van der Waals surface area contributed by atoms with Crippen LogP contribution in [0.25, 0.3) is 0 Å². The highest BCUT2D eigenvalue weighted by Crippen LogP contribution is 2.36. The fraction of sp³-hybridized carbons (Fsp3) is 0.467. The van der Waals surface area contributed by atoms with E-state index in [4.69, 9.17) is 17.3 Å². The largest absolute Gasteiger partial charge is 0.320 e. The Kier molecular flexibility index (Phi) is 5.28. The van der Waals surface area contributed by atoms with Crippen molar-refractivity contribution in [2.24, 2.45) is 17.6 Å². The fourth-order valence-electron chi connectivity index (χ4n) is 2.10. The predicted octanol–water partition coefficient (Wildman–Crippen LogP) is 1.97. The summed E-state index contributed by atoms with van der Waals surface area (Å²) in [6, 6.07) is 4.66. The normalized spacial score (nSPS) is 16.1. The number of hydrogen-bond donors (Lipinski definition) is 2. The predicted molar refractivity (Wildman–Crippen MR) is 84.5 cm³/mol. The van der Waals surface area contributed by atoms with Gasteiger partial charge in [0, 0.05) is 12.1 Å². The molecule has 1 aromatic rings. The Labute approximate surface area is 131 Å². The van der Waals surface area contributed by atoms with Gasteiger partial charge in [-0.3, -0.25) is 0 Å². The van der Waals surface area contributed by atoms with E-state index in [0.717, 1.165) is 0 Å². The van der Waals surface area contributed by atoms with E-state index in [0.29, 0.717) is 23.9 Å². The third-order valence-corrected chi connectivity index (χ3v) is 5.48. The lowest BCUT2D eigenvalue weighted by Gasteiger charge is -2.13. The molecule has 0 aromatic heterocycles. The molecule has 4 nitrogen and oxygen atoms in total. The van der Waals surface area contributed by atoms with E-state index in [2.05, 4.69) is 23.5 Å². The van der Waals surface area contributed by atoms with Crippen molar-refractivity contribution in [3.63, 3.8) is 0 Å². The summed E-state index contributed by atoms with van der Waals surface area (Å²) in [6.45, 7) is 2.75. The first kappa shape index (κ1) is 16.3. The maximum atomic E-state index is 12.3. The molecule has 1 aliphatic carbocycles. The van der Waals surface area contributed by atoms with Gasteiger partial charge in [-0.1, -0.05) is 30.4 Å². The minimum atomic E-state index is -3.58. The summed E-state index contributed by atoms with van der Waals surface area (Å²) >= 11 is 6.06. The second kappa shape index (κ2) is 6.80. The summed E-state index contributed by atoms with van der Waals surface area (Å²) in [5.74, 6) is 6.53. The Balaban J connectivity index is 2.11. The Morgan fingerprint density at radius 3 is 2.76 bits per heavy atom. The van der Waals surface area contributed by atoms with Crippen LogP contribution in [0.3, 0.4) is 0 Å². The van der Waals surface area contributed by atoms with Crippen LogP contribution in [0.15, 0.2) is 23.1 Å². The van der Waals surface area contributed by atoms with Crippen molar-refractivity contribution in [2.45, 2.75) is 24.7 Å². The minimum absolute atomic E-state index is 0.0884. The maximum Gasteiger partial charge on any atom is 0.242 e. The maximum absolute atomic E-state index is 12.3. The highest BCUT2D eigenvalue weighted by Gasteiger charge is 2.29. The van der Waals surface area contributed by atoms with Gasteiger partial charge in [0.2, 0.25) is 10.0 Å². The zero-order valence-electron chi connectivity index (χ0n) is 11.9. The average molecular weight is 327 g/mol. The van der Waals surface area contributed by atoms with Gasteiger partial charge in [0.1, 0.15) is 4.90 Å². The Hall–Kier alpha value is -1.06. The molecule has 0 spiro atoms. The SMILES string of the molecule is CC(CNS(=O)(=O)c1ccc(C#CCN)cc1Cl)C1CC1. The van der Waals surface area contributed by atoms with Crippen LogP contribution in [0.5, 0.6) is 0 Å². The van der Waals surface area contributed by atoms with Crippen LogP contribution >= 0.6 is 11.6 Å². The summed E-state index contributed by atoms with van der Waals surface area (Å²) in [4.78, 5) is 0.0884. The van der Waals surface area contributed by atoms with Crippen LogP contribution in [0.1, 0.15) is 25.3 Å². The molecule has 1 aliphatic rings. The standard InChI is InChI=1S/C15H19ClN2O2S/c1-11(13-5-6-13)10-18-21(19,20)15-7-4-12(3-2-8-17)9-14(15)16/h4,7,9,11,13,18H,5-6,8,10,17H2,1H3. The van der Waals surface area contributed by atoms with Gasteiger partial charge in [0.25, 0.3) is 0 Å². The van der Waals surface area contributed by atoms with Gasteiger partial charge in [-0.05, 0) is 42.9 Å². The molecule has 1 fully saturated rings. The van der Waals surface area contributed by atoms with Gasteiger partial charge < -0.3 is 5.73 Å². The first-order chi connectivity index (χ1) is 9.94. The van der Waals surface area contributed by atoms with Crippen LogP contribution in [0, 0.1) is 23.7 Å². The number of nitrogens with one attached hydrogen (secondary N) is 1. The molecule has 0 aliphatic heterocycles. The third kappa shape index (κ3) is 4.45. The molecule has 1 aromatic carbocycles. The summed E-state index contributed by atoms with van der Waals surface area (Å²) in [6.07, 6.45) is 2.39. The monoisotopic (exact) mass is 326 g/mol.